The number of methoxy groups -OCH3 is 1. The molecule has 1 heterocycles. The van der Waals surface area contributed by atoms with Crippen LogP contribution >= 0.6 is 0 Å². The zero-order valence-corrected chi connectivity index (χ0v) is 17.9. The minimum absolute atomic E-state index is 0.0277. The molecule has 2 amide bonds. The second-order valence-electron chi connectivity index (χ2n) is 8.49. The Bertz CT molecular complexity index is 918. The molecular weight excluding hydrogens is 378 g/mol. The summed E-state index contributed by atoms with van der Waals surface area (Å²) in [4.78, 5) is 29.5. The van der Waals surface area contributed by atoms with Crippen molar-refractivity contribution in [3.63, 3.8) is 0 Å². The molecule has 0 radical (unpaired) electrons. The fourth-order valence-electron chi connectivity index (χ4n) is 3.34. The van der Waals surface area contributed by atoms with Crippen molar-refractivity contribution in [2.75, 3.05) is 7.11 Å². The first-order chi connectivity index (χ1) is 14.3. The SMILES string of the molecule is COC1=CC=C(C(=O)NC2C=NC=CC2NC(=O)c2ccc(C(C)(C)C)cc2)CC1. The van der Waals surface area contributed by atoms with Crippen molar-refractivity contribution in [2.24, 2.45) is 4.99 Å². The second-order valence-corrected chi connectivity index (χ2v) is 8.49. The van der Waals surface area contributed by atoms with Crippen LogP contribution in [0.3, 0.4) is 0 Å². The Hall–Kier alpha value is -3.15. The number of rotatable bonds is 5. The minimum Gasteiger partial charge on any atom is -0.501 e. The summed E-state index contributed by atoms with van der Waals surface area (Å²) in [6, 6.07) is 6.81. The molecule has 0 saturated heterocycles. The number of aliphatic imine (C=N–C) groups is 1. The highest BCUT2D eigenvalue weighted by molar-refractivity contribution is 5.97. The Balaban J connectivity index is 1.65. The molecule has 0 saturated carbocycles. The number of allylic oxidation sites excluding steroid dienone is 3. The van der Waals surface area contributed by atoms with E-state index < -0.39 is 6.04 Å². The van der Waals surface area contributed by atoms with Crippen LogP contribution in [0, 0.1) is 0 Å². The molecule has 0 aromatic heterocycles. The number of carbonyl (C=O) groups is 2. The standard InChI is InChI=1S/C24H29N3O3/c1-24(2,3)18-9-5-16(6-10-18)22(28)26-20-13-14-25-15-21(20)27-23(29)17-7-11-19(30-4)12-8-17/h5-7,9-11,13-15,20-21H,8,12H2,1-4H3,(H,26,28)(H,27,29). The van der Waals surface area contributed by atoms with Crippen molar-refractivity contribution in [2.45, 2.75) is 51.1 Å². The summed E-state index contributed by atoms with van der Waals surface area (Å²) in [5, 5.41) is 5.95. The first-order valence-corrected chi connectivity index (χ1v) is 10.1. The van der Waals surface area contributed by atoms with E-state index >= 15 is 0 Å². The van der Waals surface area contributed by atoms with Crippen LogP contribution in [0.4, 0.5) is 0 Å². The molecular formula is C24H29N3O3. The van der Waals surface area contributed by atoms with Gasteiger partial charge in [0.25, 0.3) is 5.91 Å². The van der Waals surface area contributed by atoms with Crippen molar-refractivity contribution >= 4 is 18.0 Å². The van der Waals surface area contributed by atoms with Gasteiger partial charge in [-0.3, -0.25) is 14.6 Å². The Morgan fingerprint density at radius 2 is 1.70 bits per heavy atom. The average Bonchev–Trinajstić information content (AvgIpc) is 2.74. The predicted octanol–water partition coefficient (Wildman–Crippen LogP) is 3.42. The number of carbonyl (C=O) groups excluding carboxylic acids is 2. The van der Waals surface area contributed by atoms with Gasteiger partial charge in [0.1, 0.15) is 0 Å². The highest BCUT2D eigenvalue weighted by Gasteiger charge is 2.25. The van der Waals surface area contributed by atoms with Crippen molar-refractivity contribution in [3.05, 3.63) is 71.2 Å². The zero-order chi connectivity index (χ0) is 21.7. The number of benzene rings is 1. The lowest BCUT2D eigenvalue weighted by Crippen LogP contribution is -2.52. The number of hydrogen-bond donors (Lipinski definition) is 2. The molecule has 1 aromatic rings. The summed E-state index contributed by atoms with van der Waals surface area (Å²) in [5.74, 6) is 0.502. The average molecular weight is 408 g/mol. The molecule has 0 spiro atoms. The largest absolute Gasteiger partial charge is 0.501 e. The van der Waals surface area contributed by atoms with E-state index in [1.54, 1.807) is 31.7 Å². The third-order valence-corrected chi connectivity index (χ3v) is 5.29. The zero-order valence-electron chi connectivity index (χ0n) is 17.9. The lowest BCUT2D eigenvalue weighted by atomic mass is 9.86. The van der Waals surface area contributed by atoms with Gasteiger partial charge in [-0.2, -0.15) is 0 Å². The molecule has 1 aliphatic heterocycles. The monoisotopic (exact) mass is 407 g/mol. The van der Waals surface area contributed by atoms with Gasteiger partial charge < -0.3 is 15.4 Å². The van der Waals surface area contributed by atoms with E-state index in [0.29, 0.717) is 24.0 Å². The van der Waals surface area contributed by atoms with Gasteiger partial charge in [0.2, 0.25) is 5.91 Å². The molecule has 6 nitrogen and oxygen atoms in total. The topological polar surface area (TPSA) is 79.8 Å². The first-order valence-electron chi connectivity index (χ1n) is 10.1. The highest BCUT2D eigenvalue weighted by atomic mass is 16.5. The van der Waals surface area contributed by atoms with Crippen LogP contribution in [0.5, 0.6) is 0 Å². The molecule has 2 unspecified atom stereocenters. The van der Waals surface area contributed by atoms with Crippen molar-refractivity contribution in [1.82, 2.24) is 10.6 Å². The van der Waals surface area contributed by atoms with Crippen LogP contribution in [0.15, 0.2) is 65.0 Å². The Kier molecular flexibility index (Phi) is 6.55. The number of amides is 2. The fraction of sp³-hybridized carbons (Fsp3) is 0.375. The molecule has 0 fully saturated rings. The van der Waals surface area contributed by atoms with Gasteiger partial charge in [-0.1, -0.05) is 39.0 Å². The summed E-state index contributed by atoms with van der Waals surface area (Å²) in [6.07, 6.45) is 9.95. The second kappa shape index (κ2) is 9.11. The van der Waals surface area contributed by atoms with Gasteiger partial charge in [-0.05, 0) is 41.7 Å². The maximum Gasteiger partial charge on any atom is 0.251 e. The highest BCUT2D eigenvalue weighted by Crippen LogP contribution is 2.22. The van der Waals surface area contributed by atoms with Crippen molar-refractivity contribution in [3.8, 4) is 0 Å². The van der Waals surface area contributed by atoms with Gasteiger partial charge >= 0.3 is 0 Å². The van der Waals surface area contributed by atoms with Crippen LogP contribution in [0.2, 0.25) is 0 Å². The van der Waals surface area contributed by atoms with E-state index in [9.17, 15) is 9.59 Å². The predicted molar refractivity (Wildman–Crippen MR) is 118 cm³/mol. The molecule has 158 valence electrons. The molecule has 2 N–H and O–H groups in total. The summed E-state index contributed by atoms with van der Waals surface area (Å²) in [7, 11) is 1.62. The molecule has 1 aromatic carbocycles. The molecule has 3 rings (SSSR count). The van der Waals surface area contributed by atoms with Gasteiger partial charge in [-0.25, -0.2) is 0 Å². The fourth-order valence-corrected chi connectivity index (χ4v) is 3.34. The van der Waals surface area contributed by atoms with E-state index in [0.717, 1.165) is 5.76 Å². The van der Waals surface area contributed by atoms with E-state index in [4.69, 9.17) is 4.74 Å². The number of ether oxygens (including phenoxy) is 1. The third-order valence-electron chi connectivity index (χ3n) is 5.29. The molecule has 1 aliphatic carbocycles. The summed E-state index contributed by atoms with van der Waals surface area (Å²) in [5.41, 5.74) is 2.46. The van der Waals surface area contributed by atoms with E-state index in [-0.39, 0.29) is 23.3 Å². The third kappa shape index (κ3) is 5.26. The molecule has 30 heavy (non-hydrogen) atoms. The summed E-state index contributed by atoms with van der Waals surface area (Å²) < 4.78 is 5.20. The van der Waals surface area contributed by atoms with Crippen LogP contribution < -0.4 is 10.6 Å². The van der Waals surface area contributed by atoms with Crippen molar-refractivity contribution in [1.29, 1.82) is 0 Å². The normalized spacial score (nSPS) is 20.8. The van der Waals surface area contributed by atoms with Gasteiger partial charge in [0, 0.05) is 30.0 Å². The minimum atomic E-state index is -0.422. The van der Waals surface area contributed by atoms with E-state index in [1.807, 2.05) is 30.3 Å². The van der Waals surface area contributed by atoms with Crippen LogP contribution in [-0.2, 0) is 14.9 Å². The molecule has 6 heteroatoms. The molecule has 2 atom stereocenters. The quantitative estimate of drug-likeness (QED) is 0.785. The summed E-state index contributed by atoms with van der Waals surface area (Å²) in [6.45, 7) is 6.40. The Morgan fingerprint density at radius 3 is 2.30 bits per heavy atom. The van der Waals surface area contributed by atoms with E-state index in [2.05, 4.69) is 36.4 Å². The van der Waals surface area contributed by atoms with Crippen molar-refractivity contribution < 1.29 is 14.3 Å². The van der Waals surface area contributed by atoms with Crippen LogP contribution in [-0.4, -0.2) is 37.2 Å². The van der Waals surface area contributed by atoms with E-state index in [1.165, 1.54) is 5.56 Å². The van der Waals surface area contributed by atoms with Crippen LogP contribution in [0.25, 0.3) is 0 Å². The maximum atomic E-state index is 12.7. The number of nitrogens with zero attached hydrogens (tertiary/aromatic N) is 1. The smallest absolute Gasteiger partial charge is 0.251 e. The molecule has 0 bridgehead atoms. The lowest BCUT2D eigenvalue weighted by molar-refractivity contribution is -0.118. The number of hydrogen-bond acceptors (Lipinski definition) is 4. The molecule has 2 aliphatic rings. The lowest BCUT2D eigenvalue weighted by Gasteiger charge is -2.26. The van der Waals surface area contributed by atoms with Gasteiger partial charge in [0.15, 0.2) is 0 Å². The van der Waals surface area contributed by atoms with Gasteiger partial charge in [-0.15, -0.1) is 0 Å². The Morgan fingerprint density at radius 1 is 1.00 bits per heavy atom. The summed E-state index contributed by atoms with van der Waals surface area (Å²) >= 11 is 0. The first kappa shape index (κ1) is 21.6. The van der Waals surface area contributed by atoms with Crippen LogP contribution in [0.1, 0.15) is 49.5 Å². The van der Waals surface area contributed by atoms with Gasteiger partial charge in [0.05, 0.1) is 25.0 Å². The Labute approximate surface area is 177 Å². The number of nitrogens with one attached hydrogen (secondary N) is 2. The maximum absolute atomic E-state index is 12.7.